The van der Waals surface area contributed by atoms with Gasteiger partial charge >= 0.3 is 12.1 Å². The summed E-state index contributed by atoms with van der Waals surface area (Å²) in [5.74, 6) is -6.49. The van der Waals surface area contributed by atoms with Gasteiger partial charge in [-0.15, -0.1) is 0 Å². The molecular formula is C42H63FN6O10. The van der Waals surface area contributed by atoms with Gasteiger partial charge in [-0.3, -0.25) is 14.6 Å². The molecule has 0 radical (unpaired) electrons. The predicted octanol–water partition coefficient (Wildman–Crippen LogP) is 3.87. The Morgan fingerprint density at radius 2 is 1.81 bits per heavy atom. The summed E-state index contributed by atoms with van der Waals surface area (Å²) in [6.07, 6.45) is 1.17. The van der Waals surface area contributed by atoms with E-state index >= 15 is 4.39 Å². The van der Waals surface area contributed by atoms with Crippen molar-refractivity contribution in [1.82, 2.24) is 29.9 Å². The maximum Gasteiger partial charge on any atom is 0.425 e. The maximum atomic E-state index is 16.8. The van der Waals surface area contributed by atoms with Crippen molar-refractivity contribution in [2.75, 3.05) is 20.1 Å². The summed E-state index contributed by atoms with van der Waals surface area (Å²) in [6, 6.07) is 2.27. The highest BCUT2D eigenvalue weighted by Crippen LogP contribution is 2.42. The Bertz CT molecular complexity index is 1800. The van der Waals surface area contributed by atoms with E-state index in [-0.39, 0.29) is 31.3 Å². The third-order valence-corrected chi connectivity index (χ3v) is 12.5. The van der Waals surface area contributed by atoms with Gasteiger partial charge in [0.15, 0.2) is 17.7 Å². The Balaban J connectivity index is 1.44. The molecule has 3 N–H and O–H groups in total. The fourth-order valence-electron chi connectivity index (χ4n) is 9.13. The van der Waals surface area contributed by atoms with Crippen LogP contribution in [0, 0.1) is 17.8 Å². The van der Waals surface area contributed by atoms with Gasteiger partial charge in [0, 0.05) is 61.0 Å². The van der Waals surface area contributed by atoms with Gasteiger partial charge in [0.05, 0.1) is 29.8 Å². The summed E-state index contributed by atoms with van der Waals surface area (Å²) < 4.78 is 42.8. The van der Waals surface area contributed by atoms with Crippen LogP contribution in [0.2, 0.25) is 0 Å². The minimum Gasteiger partial charge on any atom is -0.455 e. The van der Waals surface area contributed by atoms with E-state index in [9.17, 15) is 29.4 Å². The van der Waals surface area contributed by atoms with Gasteiger partial charge in [0.25, 0.3) is 5.67 Å². The van der Waals surface area contributed by atoms with Crippen molar-refractivity contribution in [2.45, 2.75) is 154 Å². The summed E-state index contributed by atoms with van der Waals surface area (Å²) in [5, 5.41) is 24.9. The molecule has 0 bridgehead atoms. The largest absolute Gasteiger partial charge is 0.455 e. The van der Waals surface area contributed by atoms with Crippen molar-refractivity contribution in [1.29, 1.82) is 0 Å². The van der Waals surface area contributed by atoms with Crippen LogP contribution >= 0.6 is 0 Å². The topological polar surface area (TPSA) is 195 Å². The van der Waals surface area contributed by atoms with Crippen LogP contribution in [0.25, 0.3) is 11.3 Å². The van der Waals surface area contributed by atoms with E-state index in [0.717, 1.165) is 18.2 Å². The molecule has 3 aliphatic rings. The number of ketones is 2. The molecule has 3 saturated heterocycles. The van der Waals surface area contributed by atoms with Crippen LogP contribution in [0.1, 0.15) is 88.0 Å². The summed E-state index contributed by atoms with van der Waals surface area (Å²) in [4.78, 5) is 66.7. The van der Waals surface area contributed by atoms with Gasteiger partial charge in [-0.05, 0) is 79.1 Å². The molecule has 17 heteroatoms. The quantitative estimate of drug-likeness (QED) is 0.168. The number of imidazole rings is 1. The van der Waals surface area contributed by atoms with Gasteiger partial charge in [-0.1, -0.05) is 34.6 Å². The number of hydrogen-bond acceptors (Lipinski definition) is 14. The summed E-state index contributed by atoms with van der Waals surface area (Å²) in [7, 11) is 1.84. The monoisotopic (exact) mass is 830 g/mol. The fraction of sp³-hybridized carbons (Fsp3) is 0.714. The second-order valence-electron chi connectivity index (χ2n) is 17.2. The van der Waals surface area contributed by atoms with Crippen LogP contribution in [-0.4, -0.2) is 138 Å². The number of carbonyl (C=O) groups excluding carboxylic acids is 4. The fourth-order valence-corrected chi connectivity index (χ4v) is 9.13. The van der Waals surface area contributed by atoms with E-state index in [2.05, 4.69) is 15.4 Å². The molecule has 0 aromatic carbocycles. The molecular weight excluding hydrogens is 767 g/mol. The zero-order valence-corrected chi connectivity index (χ0v) is 36.0. The molecule has 3 fully saturated rings. The van der Waals surface area contributed by atoms with Crippen molar-refractivity contribution in [3.8, 4) is 11.3 Å². The van der Waals surface area contributed by atoms with Gasteiger partial charge < -0.3 is 38.6 Å². The van der Waals surface area contributed by atoms with Crippen molar-refractivity contribution in [2.24, 2.45) is 17.8 Å². The SMILES string of the molecule is CC[C@H]1OC(=O)[C@@](C)(F)C(=O)[C@H](C)[C@@H](OC2O[C@H](C)C[C@H](N(C)CC)[C@H]2O)[C@](C)(O)C[C@@H](C)C(=O)[C@H](C)C2N(NCCCn3cnc(-c4cccnc4)c3)C(=O)O[C@@]21C. The summed E-state index contributed by atoms with van der Waals surface area (Å²) >= 11 is 0. The minimum atomic E-state index is -3.25. The van der Waals surface area contributed by atoms with Crippen LogP contribution in [0.3, 0.4) is 0 Å². The average Bonchev–Trinajstić information content (AvgIpc) is 3.78. The van der Waals surface area contributed by atoms with Gasteiger partial charge in [0.2, 0.25) is 0 Å². The molecule has 2 aromatic heterocycles. The first-order valence-electron chi connectivity index (χ1n) is 20.7. The Hall–Kier alpha value is -3.87. The third kappa shape index (κ3) is 9.55. The highest BCUT2D eigenvalue weighted by atomic mass is 19.1. The number of nitrogens with zero attached hydrogens (tertiary/aromatic N) is 5. The molecule has 0 spiro atoms. The smallest absolute Gasteiger partial charge is 0.425 e. The molecule has 0 saturated carbocycles. The Morgan fingerprint density at radius 1 is 1.10 bits per heavy atom. The molecule has 5 rings (SSSR count). The molecule has 13 atom stereocenters. The first kappa shape index (κ1) is 46.2. The lowest BCUT2D eigenvalue weighted by Crippen LogP contribution is -2.62. The predicted molar refractivity (Wildman–Crippen MR) is 213 cm³/mol. The van der Waals surface area contributed by atoms with Gasteiger partial charge in [-0.25, -0.2) is 29.4 Å². The van der Waals surface area contributed by atoms with Crippen molar-refractivity contribution in [3.05, 3.63) is 37.1 Å². The number of cyclic esters (lactones) is 1. The molecule has 2 aromatic rings. The number of aromatic nitrogens is 3. The number of aliphatic hydroxyl groups is 2. The first-order valence-corrected chi connectivity index (χ1v) is 20.7. The molecule has 16 nitrogen and oxygen atoms in total. The number of likely N-dealkylation sites (N-methyl/N-ethyl adjacent to an activating group) is 1. The van der Waals surface area contributed by atoms with Crippen molar-refractivity contribution < 1.29 is 52.7 Å². The van der Waals surface area contributed by atoms with E-state index in [1.165, 1.54) is 25.8 Å². The van der Waals surface area contributed by atoms with E-state index in [1.807, 2.05) is 48.7 Å². The Morgan fingerprint density at radius 3 is 2.46 bits per heavy atom. The lowest BCUT2D eigenvalue weighted by molar-refractivity contribution is -0.294. The number of alkyl halides is 1. The number of aliphatic hydroxyl groups excluding tert-OH is 1. The number of ether oxygens (including phenoxy) is 4. The van der Waals surface area contributed by atoms with Crippen LogP contribution in [-0.2, 0) is 39.9 Å². The maximum absolute atomic E-state index is 16.8. The number of amides is 1. The molecule has 2 unspecified atom stereocenters. The average molecular weight is 831 g/mol. The number of rotatable bonds is 11. The minimum absolute atomic E-state index is 0.0406. The van der Waals surface area contributed by atoms with Crippen LogP contribution in [0.5, 0.6) is 0 Å². The van der Waals surface area contributed by atoms with Crippen molar-refractivity contribution in [3.63, 3.8) is 0 Å². The van der Waals surface area contributed by atoms with E-state index in [0.29, 0.717) is 25.9 Å². The van der Waals surface area contributed by atoms with Crippen LogP contribution in [0.4, 0.5) is 9.18 Å². The number of hydrazine groups is 1. The number of esters is 1. The van der Waals surface area contributed by atoms with Crippen LogP contribution < -0.4 is 5.43 Å². The van der Waals surface area contributed by atoms with E-state index < -0.39 is 89.2 Å². The van der Waals surface area contributed by atoms with Crippen LogP contribution in [0.15, 0.2) is 37.1 Å². The Labute approximate surface area is 346 Å². The zero-order valence-electron chi connectivity index (χ0n) is 36.0. The number of halogens is 1. The highest BCUT2D eigenvalue weighted by molar-refractivity contribution is 6.08. The third-order valence-electron chi connectivity index (χ3n) is 12.5. The lowest BCUT2D eigenvalue weighted by Gasteiger charge is -2.46. The lowest BCUT2D eigenvalue weighted by atomic mass is 9.73. The second kappa shape index (κ2) is 18.4. The molecule has 1 amide bonds. The first-order chi connectivity index (χ1) is 27.7. The number of aryl methyl sites for hydroxylation is 1. The summed E-state index contributed by atoms with van der Waals surface area (Å²) in [5.41, 5.74) is -2.19. The molecule has 5 heterocycles. The number of hydrogen-bond donors (Lipinski definition) is 3. The molecule has 0 aliphatic carbocycles. The number of fused-ring (bicyclic) bond motifs is 1. The normalized spacial score (nSPS) is 37.6. The van der Waals surface area contributed by atoms with Crippen molar-refractivity contribution >= 4 is 23.6 Å². The number of Topliss-reactive ketones (excluding diaryl/α,β-unsaturated/α-hetero) is 2. The molecule has 59 heavy (non-hydrogen) atoms. The Kier molecular flexibility index (Phi) is 14.4. The van der Waals surface area contributed by atoms with E-state index in [4.69, 9.17) is 18.9 Å². The number of pyridine rings is 1. The van der Waals surface area contributed by atoms with E-state index in [1.54, 1.807) is 39.5 Å². The molecule has 3 aliphatic heterocycles. The molecule has 328 valence electrons. The standard InChI is InChI=1S/C42H63FN6O10/c1-11-31-42(9)34(49(39(54)59-42)46-17-14-18-48-22-29(45-23-48)28-15-13-16-44-21-28)26(5)32(50)24(3)20-40(7,55)36(27(6)35(52)41(8,43)38(53)57-31)58-37-33(51)30(47(10)12-2)19-25(4)56-37/h13,15-16,21-27,30-31,33-34,36-37,46,51,55H,11-12,14,17-20H2,1-10H3/t24-,25-,26+,27+,30+,31-,33-,34?,36-,37?,40-,41+,42-/m1/s1. The zero-order chi connectivity index (χ0) is 43.6. The highest BCUT2D eigenvalue weighted by Gasteiger charge is 2.62. The van der Waals surface area contributed by atoms with Gasteiger partial charge in [0.1, 0.15) is 24.0 Å². The number of nitrogens with one attached hydrogen (secondary N) is 1. The second-order valence-corrected chi connectivity index (χ2v) is 17.2. The van der Waals surface area contributed by atoms with Gasteiger partial charge in [-0.2, -0.15) is 0 Å². The summed E-state index contributed by atoms with van der Waals surface area (Å²) in [6.45, 7) is 15.1. The number of carbonyl (C=O) groups is 4.